The highest BCUT2D eigenvalue weighted by molar-refractivity contribution is 5.75. The second kappa shape index (κ2) is 7.14. The van der Waals surface area contributed by atoms with Gasteiger partial charge in [-0.2, -0.15) is 13.2 Å². The highest BCUT2D eigenvalue weighted by atomic mass is 19.4. The molecule has 0 aliphatic carbocycles. The molecule has 0 spiro atoms. The number of hydrogen-bond acceptors (Lipinski definition) is 4. The monoisotopic (exact) mass is 291 g/mol. The van der Waals surface area contributed by atoms with Gasteiger partial charge in [0.05, 0.1) is 20.1 Å². The van der Waals surface area contributed by atoms with Crippen LogP contribution in [0.15, 0.2) is 24.3 Å². The summed E-state index contributed by atoms with van der Waals surface area (Å²) in [5.74, 6) is -0.180. The molecule has 1 atom stereocenters. The van der Waals surface area contributed by atoms with Gasteiger partial charge in [-0.3, -0.25) is 4.79 Å². The van der Waals surface area contributed by atoms with Crippen molar-refractivity contribution in [3.63, 3.8) is 0 Å². The van der Waals surface area contributed by atoms with Crippen LogP contribution in [-0.4, -0.2) is 31.9 Å². The van der Waals surface area contributed by atoms with Crippen LogP contribution in [0.2, 0.25) is 0 Å². The lowest BCUT2D eigenvalue weighted by Gasteiger charge is -2.11. The summed E-state index contributed by atoms with van der Waals surface area (Å²) in [4.78, 5) is 11.1. The predicted molar refractivity (Wildman–Crippen MR) is 66.3 cm³/mol. The van der Waals surface area contributed by atoms with Crippen molar-refractivity contribution in [2.45, 2.75) is 25.1 Å². The minimum atomic E-state index is -4.23. The molecule has 112 valence electrons. The van der Waals surface area contributed by atoms with E-state index in [1.54, 1.807) is 12.1 Å². The molecule has 0 radical (unpaired) electrons. The molecular weight excluding hydrogens is 275 g/mol. The van der Waals surface area contributed by atoms with Crippen LogP contribution in [-0.2, 0) is 16.0 Å². The van der Waals surface area contributed by atoms with Gasteiger partial charge in [-0.15, -0.1) is 0 Å². The third kappa shape index (κ3) is 5.92. The lowest BCUT2D eigenvalue weighted by atomic mass is 10.1. The van der Waals surface area contributed by atoms with E-state index in [4.69, 9.17) is 10.5 Å². The SMILES string of the molecule is COC(=O)C(N)Cc1ccc(OCCC(F)(F)F)cc1. The quantitative estimate of drug-likeness (QED) is 0.815. The van der Waals surface area contributed by atoms with Gasteiger partial charge in [0.1, 0.15) is 11.8 Å². The number of ether oxygens (including phenoxy) is 2. The Morgan fingerprint density at radius 2 is 1.90 bits per heavy atom. The summed E-state index contributed by atoms with van der Waals surface area (Å²) < 4.78 is 45.3. The summed E-state index contributed by atoms with van der Waals surface area (Å²) in [6.07, 6.45) is -4.94. The molecule has 1 aromatic carbocycles. The molecule has 0 aliphatic rings. The van der Waals surface area contributed by atoms with Crippen LogP contribution in [0.5, 0.6) is 5.75 Å². The average Bonchev–Trinajstić information content (AvgIpc) is 2.38. The van der Waals surface area contributed by atoms with Crippen LogP contribution < -0.4 is 10.5 Å². The molecule has 0 heterocycles. The molecule has 20 heavy (non-hydrogen) atoms. The number of benzene rings is 1. The average molecular weight is 291 g/mol. The van der Waals surface area contributed by atoms with Crippen LogP contribution in [0.25, 0.3) is 0 Å². The van der Waals surface area contributed by atoms with E-state index in [2.05, 4.69) is 4.74 Å². The van der Waals surface area contributed by atoms with Gasteiger partial charge in [0.15, 0.2) is 0 Å². The lowest BCUT2D eigenvalue weighted by molar-refractivity contribution is -0.142. The van der Waals surface area contributed by atoms with E-state index in [9.17, 15) is 18.0 Å². The second-order valence-electron chi connectivity index (χ2n) is 4.19. The maximum absolute atomic E-state index is 11.9. The largest absolute Gasteiger partial charge is 0.493 e. The summed E-state index contributed by atoms with van der Waals surface area (Å²) >= 11 is 0. The number of halogens is 3. The molecule has 0 aromatic heterocycles. The van der Waals surface area contributed by atoms with Crippen LogP contribution in [0.1, 0.15) is 12.0 Å². The second-order valence-corrected chi connectivity index (χ2v) is 4.19. The first-order valence-corrected chi connectivity index (χ1v) is 5.93. The Balaban J connectivity index is 2.46. The molecule has 0 fully saturated rings. The fraction of sp³-hybridized carbons (Fsp3) is 0.462. The van der Waals surface area contributed by atoms with Crippen molar-refractivity contribution in [2.24, 2.45) is 5.73 Å². The summed E-state index contributed by atoms with van der Waals surface area (Å²) in [7, 11) is 1.25. The zero-order valence-corrected chi connectivity index (χ0v) is 10.9. The minimum absolute atomic E-state index is 0.287. The Bertz CT molecular complexity index is 431. The molecule has 1 aromatic rings. The summed E-state index contributed by atoms with van der Waals surface area (Å²) in [6.45, 7) is -0.426. The van der Waals surface area contributed by atoms with E-state index >= 15 is 0 Å². The Kier molecular flexibility index (Phi) is 5.82. The van der Waals surface area contributed by atoms with Gasteiger partial charge in [0.25, 0.3) is 0 Å². The standard InChI is InChI=1S/C13H16F3NO3/c1-19-12(18)11(17)8-9-2-4-10(5-3-9)20-7-6-13(14,15)16/h2-5,11H,6-8,17H2,1H3. The highest BCUT2D eigenvalue weighted by Gasteiger charge is 2.26. The van der Waals surface area contributed by atoms with Gasteiger partial charge < -0.3 is 15.2 Å². The molecule has 0 saturated heterocycles. The summed E-state index contributed by atoms with van der Waals surface area (Å²) in [5.41, 5.74) is 6.36. The number of hydrogen-bond donors (Lipinski definition) is 1. The minimum Gasteiger partial charge on any atom is -0.493 e. The number of methoxy groups -OCH3 is 1. The fourth-order valence-electron chi connectivity index (χ4n) is 1.50. The topological polar surface area (TPSA) is 61.5 Å². The Labute approximate surface area is 114 Å². The lowest BCUT2D eigenvalue weighted by Crippen LogP contribution is -2.33. The van der Waals surface area contributed by atoms with Crippen LogP contribution in [0.3, 0.4) is 0 Å². The molecule has 1 rings (SSSR count). The number of nitrogens with two attached hydrogens (primary N) is 1. The highest BCUT2D eigenvalue weighted by Crippen LogP contribution is 2.20. The zero-order valence-electron chi connectivity index (χ0n) is 10.9. The maximum Gasteiger partial charge on any atom is 0.392 e. The van der Waals surface area contributed by atoms with Crippen molar-refractivity contribution in [3.05, 3.63) is 29.8 Å². The van der Waals surface area contributed by atoms with E-state index in [-0.39, 0.29) is 6.42 Å². The number of alkyl halides is 3. The molecular formula is C13H16F3NO3. The van der Waals surface area contributed by atoms with E-state index in [1.807, 2.05) is 0 Å². The van der Waals surface area contributed by atoms with Crippen LogP contribution >= 0.6 is 0 Å². The van der Waals surface area contributed by atoms with Gasteiger partial charge in [-0.1, -0.05) is 12.1 Å². The molecule has 0 amide bonds. The third-order valence-corrected chi connectivity index (χ3v) is 2.54. The summed E-state index contributed by atoms with van der Waals surface area (Å²) in [6, 6.07) is 5.60. The van der Waals surface area contributed by atoms with Crippen molar-refractivity contribution in [2.75, 3.05) is 13.7 Å². The molecule has 4 nitrogen and oxygen atoms in total. The number of carbonyl (C=O) groups excluding carboxylic acids is 1. The molecule has 0 saturated carbocycles. The molecule has 0 aliphatic heterocycles. The van der Waals surface area contributed by atoms with Gasteiger partial charge in [-0.05, 0) is 24.1 Å². The van der Waals surface area contributed by atoms with Crippen molar-refractivity contribution in [3.8, 4) is 5.75 Å². The van der Waals surface area contributed by atoms with Crippen LogP contribution in [0, 0.1) is 0 Å². The van der Waals surface area contributed by atoms with Crippen molar-refractivity contribution >= 4 is 5.97 Å². The first-order valence-electron chi connectivity index (χ1n) is 5.93. The van der Waals surface area contributed by atoms with Gasteiger partial charge >= 0.3 is 12.1 Å². The molecule has 1 unspecified atom stereocenters. The van der Waals surface area contributed by atoms with Gasteiger partial charge in [-0.25, -0.2) is 0 Å². The van der Waals surface area contributed by atoms with Crippen molar-refractivity contribution < 1.29 is 27.4 Å². The van der Waals surface area contributed by atoms with E-state index in [0.717, 1.165) is 5.56 Å². The Morgan fingerprint density at radius 3 is 2.40 bits per heavy atom. The maximum atomic E-state index is 11.9. The predicted octanol–water partition coefficient (Wildman–Crippen LogP) is 2.06. The normalized spacial score (nSPS) is 12.8. The van der Waals surface area contributed by atoms with Gasteiger partial charge in [0, 0.05) is 0 Å². The van der Waals surface area contributed by atoms with Crippen molar-refractivity contribution in [1.29, 1.82) is 0 Å². The van der Waals surface area contributed by atoms with E-state index in [1.165, 1.54) is 19.2 Å². The Morgan fingerprint density at radius 1 is 1.30 bits per heavy atom. The Hall–Kier alpha value is -1.76. The summed E-state index contributed by atoms with van der Waals surface area (Å²) in [5, 5.41) is 0. The van der Waals surface area contributed by atoms with Crippen molar-refractivity contribution in [1.82, 2.24) is 0 Å². The van der Waals surface area contributed by atoms with E-state index < -0.39 is 31.2 Å². The zero-order chi connectivity index (χ0) is 15.2. The number of esters is 1. The third-order valence-electron chi connectivity index (χ3n) is 2.54. The molecule has 0 bridgehead atoms. The van der Waals surface area contributed by atoms with Crippen LogP contribution in [0.4, 0.5) is 13.2 Å². The number of carbonyl (C=O) groups is 1. The fourth-order valence-corrected chi connectivity index (χ4v) is 1.50. The number of rotatable bonds is 6. The molecule has 7 heteroatoms. The smallest absolute Gasteiger partial charge is 0.392 e. The molecule has 2 N–H and O–H groups in total. The van der Waals surface area contributed by atoms with E-state index in [0.29, 0.717) is 5.75 Å². The first-order chi connectivity index (χ1) is 9.31. The first kappa shape index (κ1) is 16.3. The van der Waals surface area contributed by atoms with Gasteiger partial charge in [0.2, 0.25) is 0 Å².